The molecule has 1 aliphatic heterocycles. The van der Waals surface area contributed by atoms with Crippen LogP contribution in [-0.2, 0) is 6.18 Å². The second kappa shape index (κ2) is 6.39. The van der Waals surface area contributed by atoms with Crippen LogP contribution >= 0.6 is 0 Å². The zero-order valence-electron chi connectivity index (χ0n) is 13.8. The highest BCUT2D eigenvalue weighted by atomic mass is 19.4. The van der Waals surface area contributed by atoms with Gasteiger partial charge < -0.3 is 4.74 Å². The number of hydrogen-bond donors (Lipinski definition) is 0. The van der Waals surface area contributed by atoms with Crippen molar-refractivity contribution in [1.29, 1.82) is 0 Å². The smallest absolute Gasteiger partial charge is 0.416 e. The number of carbonyl (C=O) groups is 1. The van der Waals surface area contributed by atoms with E-state index in [1.54, 1.807) is 54.6 Å². The number of ketones is 1. The van der Waals surface area contributed by atoms with Crippen LogP contribution in [0, 0.1) is 0 Å². The first-order valence-corrected chi connectivity index (χ1v) is 8.09. The molecule has 0 radical (unpaired) electrons. The Morgan fingerprint density at radius 1 is 0.926 bits per heavy atom. The average molecular weight is 367 g/mol. The van der Waals surface area contributed by atoms with Gasteiger partial charge in [-0.3, -0.25) is 9.79 Å². The molecule has 3 aromatic carbocycles. The van der Waals surface area contributed by atoms with Gasteiger partial charge in [-0.05, 0) is 24.3 Å². The fraction of sp³-hybridized carbons (Fsp3) is 0.0476. The summed E-state index contributed by atoms with van der Waals surface area (Å²) in [7, 11) is 0. The topological polar surface area (TPSA) is 38.7 Å². The molecule has 3 aromatic rings. The minimum atomic E-state index is -4.60. The molecule has 0 amide bonds. The molecule has 4 rings (SSSR count). The van der Waals surface area contributed by atoms with Crippen molar-refractivity contribution in [3.8, 4) is 11.5 Å². The Bertz CT molecular complexity index is 1060. The molecule has 0 N–H and O–H groups in total. The van der Waals surface area contributed by atoms with E-state index < -0.39 is 17.5 Å². The number of hydrogen-bond acceptors (Lipinski definition) is 3. The van der Waals surface area contributed by atoms with E-state index in [0.29, 0.717) is 11.4 Å². The van der Waals surface area contributed by atoms with Crippen molar-refractivity contribution in [1.82, 2.24) is 0 Å². The number of nitrogens with zero attached hydrogens (tertiary/aromatic N) is 1. The second-order valence-electron chi connectivity index (χ2n) is 5.96. The molecular weight excluding hydrogens is 355 g/mol. The van der Waals surface area contributed by atoms with Crippen molar-refractivity contribution in [2.45, 2.75) is 6.18 Å². The van der Waals surface area contributed by atoms with Crippen LogP contribution in [-0.4, -0.2) is 12.0 Å². The molecule has 0 spiro atoms. The van der Waals surface area contributed by atoms with Crippen molar-refractivity contribution in [3.63, 3.8) is 0 Å². The highest BCUT2D eigenvalue weighted by Crippen LogP contribution is 2.41. The minimum Gasteiger partial charge on any atom is -0.454 e. The number of carbonyl (C=O) groups excluding carboxylic acids is 1. The molecule has 0 saturated heterocycles. The summed E-state index contributed by atoms with van der Waals surface area (Å²) < 4.78 is 45.9. The summed E-state index contributed by atoms with van der Waals surface area (Å²) in [6.07, 6.45) is -3.31. The first-order valence-electron chi connectivity index (χ1n) is 8.09. The zero-order valence-corrected chi connectivity index (χ0v) is 13.8. The van der Waals surface area contributed by atoms with Crippen molar-refractivity contribution < 1.29 is 22.7 Å². The van der Waals surface area contributed by atoms with Crippen molar-refractivity contribution in [2.24, 2.45) is 4.99 Å². The molecule has 0 saturated carbocycles. The maximum Gasteiger partial charge on any atom is 0.416 e. The number of fused-ring (bicyclic) bond motifs is 2. The molecule has 3 nitrogen and oxygen atoms in total. The van der Waals surface area contributed by atoms with E-state index in [4.69, 9.17) is 4.74 Å². The molecule has 0 unspecified atom stereocenters. The summed E-state index contributed by atoms with van der Waals surface area (Å²) in [6.45, 7) is 0. The standard InChI is InChI=1S/C21H12F3NO2/c22-21(23,24)15-10-14-12-25-17-8-4-5-9-18(17)27-20(14)16(11-15)19(26)13-6-2-1-3-7-13/h1-12H. The van der Waals surface area contributed by atoms with Gasteiger partial charge in [0, 0.05) is 17.3 Å². The Labute approximate surface area is 152 Å². The maximum atomic E-state index is 13.4. The van der Waals surface area contributed by atoms with Crippen LogP contribution in [0.3, 0.4) is 0 Å². The third-order valence-electron chi connectivity index (χ3n) is 4.15. The van der Waals surface area contributed by atoms with E-state index >= 15 is 0 Å². The Hall–Kier alpha value is -3.41. The second-order valence-corrected chi connectivity index (χ2v) is 5.96. The summed E-state index contributed by atoms with van der Waals surface area (Å²) >= 11 is 0. The van der Waals surface area contributed by atoms with Crippen LogP contribution in [0.1, 0.15) is 27.0 Å². The number of para-hydroxylation sites is 2. The number of alkyl halides is 3. The van der Waals surface area contributed by atoms with Crippen LogP contribution in [0.4, 0.5) is 18.9 Å². The fourth-order valence-electron chi connectivity index (χ4n) is 2.84. The number of benzene rings is 3. The molecule has 1 aliphatic rings. The van der Waals surface area contributed by atoms with Gasteiger partial charge in [0.2, 0.25) is 0 Å². The van der Waals surface area contributed by atoms with Gasteiger partial charge in [0.1, 0.15) is 11.4 Å². The molecule has 27 heavy (non-hydrogen) atoms. The minimum absolute atomic E-state index is 0.0607. The van der Waals surface area contributed by atoms with Gasteiger partial charge >= 0.3 is 6.18 Å². The molecule has 0 aromatic heterocycles. The van der Waals surface area contributed by atoms with Crippen molar-refractivity contribution in [3.05, 3.63) is 89.0 Å². The third-order valence-corrected chi connectivity index (χ3v) is 4.15. The molecule has 0 bridgehead atoms. The van der Waals surface area contributed by atoms with Gasteiger partial charge in [0.25, 0.3) is 0 Å². The average Bonchev–Trinajstić information content (AvgIpc) is 2.86. The normalized spacial score (nSPS) is 12.6. The van der Waals surface area contributed by atoms with Crippen LogP contribution in [0.2, 0.25) is 0 Å². The van der Waals surface area contributed by atoms with Crippen LogP contribution in [0.5, 0.6) is 11.5 Å². The number of rotatable bonds is 2. The third kappa shape index (κ3) is 3.21. The van der Waals surface area contributed by atoms with E-state index in [1.807, 2.05) is 0 Å². The van der Waals surface area contributed by atoms with Gasteiger partial charge in [0.05, 0.1) is 11.1 Å². The first-order chi connectivity index (χ1) is 12.9. The van der Waals surface area contributed by atoms with Gasteiger partial charge in [-0.15, -0.1) is 0 Å². The molecule has 1 heterocycles. The Morgan fingerprint density at radius 3 is 2.37 bits per heavy atom. The van der Waals surface area contributed by atoms with E-state index in [1.165, 1.54) is 6.21 Å². The van der Waals surface area contributed by atoms with Crippen molar-refractivity contribution >= 4 is 17.7 Å². The van der Waals surface area contributed by atoms with Crippen LogP contribution < -0.4 is 4.74 Å². The van der Waals surface area contributed by atoms with Gasteiger partial charge in [-0.2, -0.15) is 13.2 Å². The van der Waals surface area contributed by atoms with Crippen molar-refractivity contribution in [2.75, 3.05) is 0 Å². The Morgan fingerprint density at radius 2 is 1.63 bits per heavy atom. The van der Waals surface area contributed by atoms with Gasteiger partial charge in [-0.25, -0.2) is 0 Å². The monoisotopic (exact) mass is 367 g/mol. The van der Waals surface area contributed by atoms with E-state index in [0.717, 1.165) is 12.1 Å². The molecule has 0 aliphatic carbocycles. The number of ether oxygens (including phenoxy) is 1. The van der Waals surface area contributed by atoms with Crippen LogP contribution in [0.15, 0.2) is 71.7 Å². The molecule has 134 valence electrons. The maximum absolute atomic E-state index is 13.4. The molecular formula is C21H12F3NO2. The number of aliphatic imine (C=N–C) groups is 1. The highest BCUT2D eigenvalue weighted by molar-refractivity contribution is 6.12. The summed E-state index contributed by atoms with van der Waals surface area (Å²) in [4.78, 5) is 17.1. The van der Waals surface area contributed by atoms with Gasteiger partial charge in [-0.1, -0.05) is 42.5 Å². The Kier molecular flexibility index (Phi) is 4.03. The molecule has 0 atom stereocenters. The lowest BCUT2D eigenvalue weighted by molar-refractivity contribution is -0.137. The van der Waals surface area contributed by atoms with E-state index in [-0.39, 0.29) is 22.4 Å². The largest absolute Gasteiger partial charge is 0.454 e. The number of halogens is 3. The predicted octanol–water partition coefficient (Wildman–Crippen LogP) is 5.79. The summed E-state index contributed by atoms with van der Waals surface area (Å²) in [6, 6.07) is 16.7. The zero-order chi connectivity index (χ0) is 19.0. The molecule has 6 heteroatoms. The lowest BCUT2D eigenvalue weighted by Gasteiger charge is -2.16. The van der Waals surface area contributed by atoms with Gasteiger partial charge in [0.15, 0.2) is 11.5 Å². The Balaban J connectivity index is 1.94. The van der Waals surface area contributed by atoms with E-state index in [9.17, 15) is 18.0 Å². The first kappa shape index (κ1) is 17.0. The summed E-state index contributed by atoms with van der Waals surface area (Å²) in [5, 5.41) is 0. The highest BCUT2D eigenvalue weighted by Gasteiger charge is 2.34. The van der Waals surface area contributed by atoms with E-state index in [2.05, 4.69) is 4.99 Å². The summed E-state index contributed by atoms with van der Waals surface area (Å²) in [5.41, 5.74) is -0.242. The quantitative estimate of drug-likeness (QED) is 0.421. The predicted molar refractivity (Wildman–Crippen MR) is 95.1 cm³/mol. The fourth-order valence-corrected chi connectivity index (χ4v) is 2.84. The summed E-state index contributed by atoms with van der Waals surface area (Å²) in [5.74, 6) is -0.120. The molecule has 0 fully saturated rings. The lowest BCUT2D eigenvalue weighted by Crippen LogP contribution is -2.11. The lowest BCUT2D eigenvalue weighted by atomic mass is 9.97. The SMILES string of the molecule is O=C(c1ccccc1)c1cc(C(F)(F)F)cc2c1Oc1ccccc1N=C2. The van der Waals surface area contributed by atoms with Crippen LogP contribution in [0.25, 0.3) is 0 Å².